The van der Waals surface area contributed by atoms with Gasteiger partial charge in [0.25, 0.3) is 0 Å². The highest BCUT2D eigenvalue weighted by atomic mass is 32.1. The van der Waals surface area contributed by atoms with Crippen molar-refractivity contribution in [1.82, 2.24) is 15.3 Å². The minimum absolute atomic E-state index is 0.0179. The number of anilines is 1. The zero-order valence-corrected chi connectivity index (χ0v) is 18.6. The van der Waals surface area contributed by atoms with E-state index in [0.29, 0.717) is 13.1 Å². The number of para-hydroxylation sites is 1. The number of nitrogens with zero attached hydrogens (tertiary/aromatic N) is 3. The van der Waals surface area contributed by atoms with E-state index < -0.39 is 0 Å². The van der Waals surface area contributed by atoms with E-state index in [0.717, 1.165) is 45.9 Å². The number of hydrogen-bond acceptors (Lipinski definition) is 5. The van der Waals surface area contributed by atoms with Crippen LogP contribution in [0.25, 0.3) is 10.6 Å². The Kier molecular flexibility index (Phi) is 6.42. The number of nitrogens with one attached hydrogen (secondary N) is 1. The first kappa shape index (κ1) is 21.2. The van der Waals surface area contributed by atoms with Gasteiger partial charge in [0.05, 0.1) is 18.2 Å². The average molecular weight is 435 g/mol. The Labute approximate surface area is 186 Å². The molecule has 1 N–H and O–H groups in total. The highest BCUT2D eigenvalue weighted by Crippen LogP contribution is 2.32. The quantitative estimate of drug-likeness (QED) is 0.610. The molecule has 4 rings (SSSR count). The Morgan fingerprint density at radius 3 is 2.55 bits per heavy atom. The second kappa shape index (κ2) is 9.39. The van der Waals surface area contributed by atoms with Crippen molar-refractivity contribution >= 4 is 28.8 Å². The van der Waals surface area contributed by atoms with Gasteiger partial charge in [-0.15, -0.1) is 11.3 Å². The third-order valence-corrected chi connectivity index (χ3v) is 6.59. The normalized spacial score (nSPS) is 16.0. The second-order valence-electron chi connectivity index (χ2n) is 7.64. The van der Waals surface area contributed by atoms with Crippen LogP contribution in [-0.4, -0.2) is 28.3 Å². The number of carbonyl (C=O) groups is 2. The molecule has 2 amide bonds. The van der Waals surface area contributed by atoms with Crippen molar-refractivity contribution in [2.45, 2.75) is 39.7 Å². The SMILES string of the molecule is CCc1cccc(CC)c1N1CC(C(=O)NCc2csc(-c3ccncc3)n2)CC1=O. The maximum Gasteiger partial charge on any atom is 0.227 e. The monoisotopic (exact) mass is 434 g/mol. The molecule has 0 aliphatic carbocycles. The van der Waals surface area contributed by atoms with Gasteiger partial charge in [-0.25, -0.2) is 4.98 Å². The van der Waals surface area contributed by atoms with Crippen LogP contribution in [0, 0.1) is 5.92 Å². The first-order valence-corrected chi connectivity index (χ1v) is 11.5. The number of thiazole rings is 1. The van der Waals surface area contributed by atoms with Crippen molar-refractivity contribution in [2.75, 3.05) is 11.4 Å². The van der Waals surface area contributed by atoms with Crippen LogP contribution in [0.3, 0.4) is 0 Å². The van der Waals surface area contributed by atoms with Crippen LogP contribution in [0.5, 0.6) is 0 Å². The largest absolute Gasteiger partial charge is 0.350 e. The number of benzene rings is 1. The van der Waals surface area contributed by atoms with Crippen LogP contribution in [0.4, 0.5) is 5.69 Å². The van der Waals surface area contributed by atoms with Crippen LogP contribution < -0.4 is 10.2 Å². The van der Waals surface area contributed by atoms with E-state index in [1.807, 2.05) is 28.5 Å². The molecule has 3 heterocycles. The van der Waals surface area contributed by atoms with Crippen molar-refractivity contribution in [2.24, 2.45) is 5.92 Å². The standard InChI is InChI=1S/C24H26N4O2S/c1-3-16-6-5-7-17(4-2)22(16)28-14-19(12-21(28)29)23(30)26-13-20-15-31-24(27-20)18-8-10-25-11-9-18/h5-11,15,19H,3-4,12-14H2,1-2H3,(H,26,30). The summed E-state index contributed by atoms with van der Waals surface area (Å²) in [4.78, 5) is 36.0. The van der Waals surface area contributed by atoms with E-state index in [2.05, 4.69) is 41.3 Å². The van der Waals surface area contributed by atoms with Gasteiger partial charge in [-0.1, -0.05) is 32.0 Å². The molecule has 31 heavy (non-hydrogen) atoms. The molecular weight excluding hydrogens is 408 g/mol. The zero-order valence-electron chi connectivity index (χ0n) is 17.8. The lowest BCUT2D eigenvalue weighted by molar-refractivity contribution is -0.126. The van der Waals surface area contributed by atoms with Crippen LogP contribution in [-0.2, 0) is 29.0 Å². The van der Waals surface area contributed by atoms with Crippen molar-refractivity contribution in [3.8, 4) is 10.6 Å². The van der Waals surface area contributed by atoms with Gasteiger partial charge in [-0.2, -0.15) is 0 Å². The van der Waals surface area contributed by atoms with E-state index >= 15 is 0 Å². The lowest BCUT2D eigenvalue weighted by Crippen LogP contribution is -2.33. The molecule has 1 aliphatic rings. The summed E-state index contributed by atoms with van der Waals surface area (Å²) < 4.78 is 0. The van der Waals surface area contributed by atoms with Gasteiger partial charge in [0.2, 0.25) is 11.8 Å². The highest BCUT2D eigenvalue weighted by molar-refractivity contribution is 7.13. The van der Waals surface area contributed by atoms with Crippen LogP contribution >= 0.6 is 11.3 Å². The molecule has 1 unspecified atom stereocenters. The number of pyridine rings is 1. The van der Waals surface area contributed by atoms with Crippen LogP contribution in [0.15, 0.2) is 48.1 Å². The highest BCUT2D eigenvalue weighted by Gasteiger charge is 2.36. The summed E-state index contributed by atoms with van der Waals surface area (Å²) in [5.74, 6) is -0.425. The fourth-order valence-corrected chi connectivity index (χ4v) is 4.82. The number of carbonyl (C=O) groups excluding carboxylic acids is 2. The second-order valence-corrected chi connectivity index (χ2v) is 8.49. The fourth-order valence-electron chi connectivity index (χ4n) is 4.00. The summed E-state index contributed by atoms with van der Waals surface area (Å²) in [6.07, 6.45) is 5.43. The Hall–Kier alpha value is -3.06. The lowest BCUT2D eigenvalue weighted by atomic mass is 10.0. The summed E-state index contributed by atoms with van der Waals surface area (Å²) in [5, 5.41) is 5.82. The van der Waals surface area contributed by atoms with E-state index in [9.17, 15) is 9.59 Å². The van der Waals surface area contributed by atoms with Crippen LogP contribution in [0.2, 0.25) is 0 Å². The van der Waals surface area contributed by atoms with E-state index in [4.69, 9.17) is 0 Å². The summed E-state index contributed by atoms with van der Waals surface area (Å²) in [6.45, 7) is 4.97. The number of hydrogen-bond donors (Lipinski definition) is 1. The molecule has 1 atom stereocenters. The predicted molar refractivity (Wildman–Crippen MR) is 123 cm³/mol. The molecule has 0 radical (unpaired) electrons. The Morgan fingerprint density at radius 1 is 1.16 bits per heavy atom. The molecule has 0 bridgehead atoms. The molecule has 1 saturated heterocycles. The van der Waals surface area contributed by atoms with Gasteiger partial charge >= 0.3 is 0 Å². The topological polar surface area (TPSA) is 75.2 Å². The number of aromatic nitrogens is 2. The lowest BCUT2D eigenvalue weighted by Gasteiger charge is -2.23. The van der Waals surface area contributed by atoms with Crippen molar-refractivity contribution in [1.29, 1.82) is 0 Å². The zero-order chi connectivity index (χ0) is 21.8. The molecule has 1 aliphatic heterocycles. The molecule has 0 saturated carbocycles. The first-order valence-electron chi connectivity index (χ1n) is 10.6. The minimum Gasteiger partial charge on any atom is -0.350 e. The molecule has 7 heteroatoms. The predicted octanol–water partition coefficient (Wildman–Crippen LogP) is 4.00. The first-order chi connectivity index (χ1) is 15.1. The van der Waals surface area contributed by atoms with Gasteiger partial charge < -0.3 is 10.2 Å². The molecule has 6 nitrogen and oxygen atoms in total. The Balaban J connectivity index is 1.41. The molecule has 160 valence electrons. The van der Waals surface area contributed by atoms with Crippen molar-refractivity contribution in [3.63, 3.8) is 0 Å². The summed E-state index contributed by atoms with van der Waals surface area (Å²) in [7, 11) is 0. The van der Waals surface area contributed by atoms with Gasteiger partial charge in [-0.05, 0) is 36.1 Å². The number of amides is 2. The third-order valence-electron chi connectivity index (χ3n) is 5.65. The van der Waals surface area contributed by atoms with Gasteiger partial charge in [0, 0.05) is 42.0 Å². The van der Waals surface area contributed by atoms with Crippen LogP contribution in [0.1, 0.15) is 37.1 Å². The summed E-state index contributed by atoms with van der Waals surface area (Å²) >= 11 is 1.54. The van der Waals surface area contributed by atoms with E-state index in [1.54, 1.807) is 23.7 Å². The van der Waals surface area contributed by atoms with Gasteiger partial charge in [-0.3, -0.25) is 14.6 Å². The third kappa shape index (κ3) is 4.51. The van der Waals surface area contributed by atoms with Gasteiger partial charge in [0.15, 0.2) is 0 Å². The summed E-state index contributed by atoms with van der Waals surface area (Å²) in [5.41, 5.74) is 5.13. The maximum absolute atomic E-state index is 12.8. The summed E-state index contributed by atoms with van der Waals surface area (Å²) in [6, 6.07) is 10.0. The number of aryl methyl sites for hydroxylation is 2. The molecule has 1 fully saturated rings. The molecule has 2 aromatic heterocycles. The minimum atomic E-state index is -0.347. The molecule has 1 aromatic carbocycles. The molecular formula is C24H26N4O2S. The maximum atomic E-state index is 12.8. The van der Waals surface area contributed by atoms with E-state index in [-0.39, 0.29) is 24.2 Å². The van der Waals surface area contributed by atoms with E-state index in [1.165, 1.54) is 0 Å². The van der Waals surface area contributed by atoms with Crippen molar-refractivity contribution < 1.29 is 9.59 Å². The molecule has 3 aromatic rings. The Bertz CT molecular complexity index is 1060. The smallest absolute Gasteiger partial charge is 0.227 e. The van der Waals surface area contributed by atoms with Crippen molar-refractivity contribution in [3.05, 3.63) is 64.9 Å². The molecule has 0 spiro atoms. The van der Waals surface area contributed by atoms with Gasteiger partial charge in [0.1, 0.15) is 5.01 Å². The fraction of sp³-hybridized carbons (Fsp3) is 0.333. The number of rotatable bonds is 7. The average Bonchev–Trinajstić information content (AvgIpc) is 3.44. The Morgan fingerprint density at radius 2 is 1.87 bits per heavy atom.